The van der Waals surface area contributed by atoms with E-state index >= 15 is 0 Å². The lowest BCUT2D eigenvalue weighted by Gasteiger charge is -2.38. The van der Waals surface area contributed by atoms with E-state index in [-0.39, 0.29) is 36.5 Å². The van der Waals surface area contributed by atoms with Crippen LogP contribution in [0.1, 0.15) is 38.2 Å². The number of nitrogens with zero attached hydrogens (tertiary/aromatic N) is 5. The summed E-state index contributed by atoms with van der Waals surface area (Å²) in [5.41, 5.74) is 0.968. The van der Waals surface area contributed by atoms with Crippen LogP contribution in [0.4, 0.5) is 14.6 Å². The molecule has 3 heterocycles. The summed E-state index contributed by atoms with van der Waals surface area (Å²) >= 11 is 0. The largest absolute Gasteiger partial charge is 0.483 e. The van der Waals surface area contributed by atoms with Crippen molar-refractivity contribution >= 4 is 18.1 Å². The zero-order valence-corrected chi connectivity index (χ0v) is 22.6. The highest BCUT2D eigenvalue weighted by molar-refractivity contribution is 5.76. The Morgan fingerprint density at radius 3 is 2.49 bits per heavy atom. The first-order chi connectivity index (χ1) is 19.8. The van der Waals surface area contributed by atoms with Crippen molar-refractivity contribution in [2.24, 2.45) is 5.92 Å². The van der Waals surface area contributed by atoms with Crippen LogP contribution in [0.5, 0.6) is 5.75 Å². The fourth-order valence-corrected chi connectivity index (χ4v) is 3.70. The van der Waals surface area contributed by atoms with Gasteiger partial charge in [0.15, 0.2) is 6.10 Å². The van der Waals surface area contributed by atoms with Crippen molar-refractivity contribution in [2.45, 2.75) is 44.6 Å². The lowest BCUT2D eigenvalue weighted by Crippen LogP contribution is -2.55. The maximum atomic E-state index is 14.6. The molecule has 1 saturated heterocycles. The van der Waals surface area contributed by atoms with Crippen LogP contribution in [0.3, 0.4) is 0 Å². The van der Waals surface area contributed by atoms with E-state index in [0.29, 0.717) is 17.7 Å². The second-order valence-electron chi connectivity index (χ2n) is 9.53. The van der Waals surface area contributed by atoms with Crippen LogP contribution in [-0.2, 0) is 9.59 Å². The minimum atomic E-state index is -3.32. The van der Waals surface area contributed by atoms with Crippen molar-refractivity contribution in [2.75, 3.05) is 25.0 Å². The van der Waals surface area contributed by atoms with Crippen molar-refractivity contribution in [1.29, 1.82) is 5.26 Å². The molecule has 2 aromatic heterocycles. The van der Waals surface area contributed by atoms with Crippen molar-refractivity contribution in [3.05, 3.63) is 66.7 Å². The Morgan fingerprint density at radius 1 is 1.22 bits per heavy atom. The molecule has 1 aliphatic carbocycles. The van der Waals surface area contributed by atoms with Crippen molar-refractivity contribution in [3.8, 4) is 23.1 Å². The number of benzene rings is 1. The van der Waals surface area contributed by atoms with Crippen LogP contribution >= 0.6 is 0 Å². The fourth-order valence-electron chi connectivity index (χ4n) is 3.70. The van der Waals surface area contributed by atoms with Gasteiger partial charge in [-0.15, -0.1) is 0 Å². The van der Waals surface area contributed by atoms with E-state index in [1.54, 1.807) is 18.5 Å². The van der Waals surface area contributed by atoms with Gasteiger partial charge in [0.25, 0.3) is 0 Å². The first kappa shape index (κ1) is 31.0. The number of likely N-dealkylation sites (tertiary alicyclic amines) is 1. The van der Waals surface area contributed by atoms with E-state index in [1.807, 2.05) is 24.3 Å². The van der Waals surface area contributed by atoms with Gasteiger partial charge in [-0.2, -0.15) is 5.26 Å². The molecule has 1 aromatic carbocycles. The Bertz CT molecular complexity index is 1290. The van der Waals surface area contributed by atoms with E-state index in [0.717, 1.165) is 10.8 Å². The monoisotopic (exact) mass is 566 g/mol. The van der Waals surface area contributed by atoms with Crippen molar-refractivity contribution in [3.63, 3.8) is 0 Å². The molecular weight excluding hydrogens is 534 g/mol. The Morgan fingerprint density at radius 2 is 1.95 bits per heavy atom. The number of aliphatic hydroxyl groups is 1. The number of halogens is 2. The number of aromatic nitrogens is 3. The summed E-state index contributed by atoms with van der Waals surface area (Å²) in [5.74, 6) is -2.53. The number of carbonyl (C=O) groups excluding carboxylic acids is 2. The highest BCUT2D eigenvalue weighted by Gasteiger charge is 2.47. The standard InChI is InChI=1S/C20H19F2N5O4.C5H5N.C4H8/c21-20(22)10-27(19(30)4-6-28)5-3-17(20)31-16-2-1-13(7-14(16)9-23)15-8-18(26-12-29)25-11-24-15;1-2-4-6-5-3-1;1-4-2-3-4/h1-2,7-8,11-12,17,28H,3-6,10H2,(H,24,25,26,29);1-5H;4H,2-3H2,1H3. The molecule has 1 aliphatic heterocycles. The molecule has 10 nitrogen and oxygen atoms in total. The molecule has 1 saturated carbocycles. The summed E-state index contributed by atoms with van der Waals surface area (Å²) in [4.78, 5) is 35.1. The number of anilines is 1. The lowest BCUT2D eigenvalue weighted by atomic mass is 10.0. The number of aliphatic hydroxyl groups excluding tert-OH is 1. The summed E-state index contributed by atoms with van der Waals surface area (Å²) in [6.45, 7) is 1.12. The quantitative estimate of drug-likeness (QED) is 0.408. The van der Waals surface area contributed by atoms with Gasteiger partial charge in [0.2, 0.25) is 12.3 Å². The predicted molar refractivity (Wildman–Crippen MR) is 147 cm³/mol. The van der Waals surface area contributed by atoms with Gasteiger partial charge < -0.3 is 20.1 Å². The SMILES string of the molecule is CC1CC1.N#Cc1cc(-c2cc(NC=O)ncn2)ccc1OC1CCN(C(=O)CCO)CC1(F)F.c1ccncc1. The Labute approximate surface area is 237 Å². The smallest absolute Gasteiger partial charge is 0.301 e. The van der Waals surface area contributed by atoms with E-state index in [2.05, 4.69) is 27.2 Å². The molecule has 12 heteroatoms. The fraction of sp³-hybridized carbons (Fsp3) is 0.379. The summed E-state index contributed by atoms with van der Waals surface area (Å²) < 4.78 is 34.7. The molecule has 2 amide bonds. The van der Waals surface area contributed by atoms with Gasteiger partial charge >= 0.3 is 5.92 Å². The predicted octanol–water partition coefficient (Wildman–Crippen LogP) is 4.08. The minimum Gasteiger partial charge on any atom is -0.483 e. The van der Waals surface area contributed by atoms with E-state index in [4.69, 9.17) is 9.84 Å². The van der Waals surface area contributed by atoms with E-state index in [1.165, 1.54) is 37.4 Å². The number of ether oxygens (including phenoxy) is 1. The second-order valence-corrected chi connectivity index (χ2v) is 9.53. The molecule has 1 unspecified atom stereocenters. The zero-order chi connectivity index (χ0) is 29.7. The molecule has 216 valence electrons. The number of pyridine rings is 1. The highest BCUT2D eigenvalue weighted by atomic mass is 19.3. The number of alkyl halides is 2. The summed E-state index contributed by atoms with van der Waals surface area (Å²) in [6.07, 6.45) is 6.33. The number of rotatable bonds is 7. The van der Waals surface area contributed by atoms with Crippen LogP contribution < -0.4 is 10.1 Å². The lowest BCUT2D eigenvalue weighted by molar-refractivity contribution is -0.160. The number of amides is 2. The molecule has 2 N–H and O–H groups in total. The number of hydrogen-bond donors (Lipinski definition) is 2. The number of nitriles is 1. The molecule has 3 aromatic rings. The average Bonchev–Trinajstić information content (AvgIpc) is 3.78. The molecular formula is C29H32F2N6O4. The third kappa shape index (κ3) is 9.88. The van der Waals surface area contributed by atoms with Crippen LogP contribution in [-0.4, -0.2) is 69.0 Å². The molecule has 0 spiro atoms. The molecule has 0 bridgehead atoms. The molecule has 2 aliphatic rings. The third-order valence-corrected chi connectivity index (χ3v) is 6.18. The van der Waals surface area contributed by atoms with Crippen LogP contribution in [0.15, 0.2) is 61.2 Å². The zero-order valence-electron chi connectivity index (χ0n) is 22.6. The highest BCUT2D eigenvalue weighted by Crippen LogP contribution is 2.34. The van der Waals surface area contributed by atoms with E-state index < -0.39 is 31.1 Å². The van der Waals surface area contributed by atoms with Gasteiger partial charge in [-0.05, 0) is 36.2 Å². The first-order valence-corrected chi connectivity index (χ1v) is 13.1. The van der Waals surface area contributed by atoms with Gasteiger partial charge in [-0.25, -0.2) is 18.7 Å². The third-order valence-electron chi connectivity index (χ3n) is 6.18. The Balaban J connectivity index is 0.000000385. The van der Waals surface area contributed by atoms with Gasteiger partial charge in [0, 0.05) is 43.4 Å². The molecule has 41 heavy (non-hydrogen) atoms. The van der Waals surface area contributed by atoms with Gasteiger partial charge in [0.1, 0.15) is 24.0 Å². The molecule has 2 fully saturated rings. The summed E-state index contributed by atoms with van der Waals surface area (Å²) in [7, 11) is 0. The molecule has 5 rings (SSSR count). The number of carbonyl (C=O) groups is 2. The number of piperidine rings is 1. The van der Waals surface area contributed by atoms with Crippen LogP contribution in [0, 0.1) is 17.2 Å². The summed E-state index contributed by atoms with van der Waals surface area (Å²) in [5, 5.41) is 20.7. The first-order valence-electron chi connectivity index (χ1n) is 13.1. The average molecular weight is 567 g/mol. The number of hydrogen-bond acceptors (Lipinski definition) is 8. The van der Waals surface area contributed by atoms with Crippen molar-refractivity contribution in [1.82, 2.24) is 19.9 Å². The number of nitrogens with one attached hydrogen (secondary N) is 1. The maximum absolute atomic E-state index is 14.6. The second kappa shape index (κ2) is 15.3. The normalized spacial score (nSPS) is 17.0. The van der Waals surface area contributed by atoms with Crippen LogP contribution in [0.2, 0.25) is 0 Å². The van der Waals surface area contributed by atoms with Gasteiger partial charge in [-0.3, -0.25) is 14.6 Å². The summed E-state index contributed by atoms with van der Waals surface area (Å²) in [6, 6.07) is 13.5. The van der Waals surface area contributed by atoms with Crippen molar-refractivity contribution < 1.29 is 28.2 Å². The maximum Gasteiger partial charge on any atom is 0.301 e. The van der Waals surface area contributed by atoms with E-state index in [9.17, 15) is 23.6 Å². The van der Waals surface area contributed by atoms with Crippen LogP contribution in [0.25, 0.3) is 11.3 Å². The van der Waals surface area contributed by atoms with Gasteiger partial charge in [0.05, 0.1) is 24.4 Å². The Hall–Kier alpha value is -4.50. The molecule has 1 atom stereocenters. The van der Waals surface area contributed by atoms with Gasteiger partial charge in [-0.1, -0.05) is 25.8 Å². The minimum absolute atomic E-state index is 0.00800. The topological polar surface area (TPSA) is 141 Å². The molecule has 0 radical (unpaired) electrons. The Kier molecular flexibility index (Phi) is 11.6.